The first-order valence-electron chi connectivity index (χ1n) is 8.98. The molecule has 0 unspecified atom stereocenters. The van der Waals surface area contributed by atoms with Gasteiger partial charge in [-0.25, -0.2) is 10.2 Å². The lowest BCUT2D eigenvalue weighted by Gasteiger charge is -2.08. The number of nitrogens with zero attached hydrogens (tertiary/aromatic N) is 4. The van der Waals surface area contributed by atoms with E-state index in [1.165, 1.54) is 4.57 Å². The summed E-state index contributed by atoms with van der Waals surface area (Å²) in [5, 5.41) is 4.38. The van der Waals surface area contributed by atoms with Crippen molar-refractivity contribution in [2.45, 2.75) is 65.8 Å². The molecule has 8 nitrogen and oxygen atoms in total. The van der Waals surface area contributed by atoms with Crippen molar-refractivity contribution in [3.8, 4) is 0 Å². The predicted octanol–water partition coefficient (Wildman–Crippen LogP) is 2.59. The minimum absolute atomic E-state index is 0.370. The fourth-order valence-corrected chi connectivity index (χ4v) is 2.69. The quantitative estimate of drug-likeness (QED) is 0.413. The van der Waals surface area contributed by atoms with Crippen LogP contribution >= 0.6 is 0 Å². The third-order valence-corrected chi connectivity index (χ3v) is 4.23. The molecule has 0 aliphatic heterocycles. The van der Waals surface area contributed by atoms with E-state index in [0.717, 1.165) is 44.2 Å². The van der Waals surface area contributed by atoms with Gasteiger partial charge >= 0.3 is 5.69 Å². The molecule has 2 aromatic heterocycles. The van der Waals surface area contributed by atoms with Crippen molar-refractivity contribution in [1.29, 1.82) is 0 Å². The Balaban J connectivity index is 2.45. The molecule has 2 N–H and O–H groups in total. The van der Waals surface area contributed by atoms with Gasteiger partial charge in [-0.1, -0.05) is 33.1 Å². The molecule has 0 spiro atoms. The maximum atomic E-state index is 12.3. The highest BCUT2D eigenvalue weighted by molar-refractivity contribution is 5.82. The number of hydrogen-bond donors (Lipinski definition) is 2. The van der Waals surface area contributed by atoms with Crippen molar-refractivity contribution in [3.63, 3.8) is 0 Å². The SMILES string of the molecule is CCCCCn1c(N/N=C(\C)CCCC)nc2c1c(=O)[nH]c(=O)n2C. The number of anilines is 1. The molecule has 2 rings (SSSR count). The van der Waals surface area contributed by atoms with Crippen LogP contribution in [0.4, 0.5) is 5.95 Å². The van der Waals surface area contributed by atoms with Gasteiger partial charge in [-0.2, -0.15) is 10.1 Å². The summed E-state index contributed by atoms with van der Waals surface area (Å²) in [5.74, 6) is 0.494. The number of aromatic nitrogens is 4. The Bertz CT molecular complexity index is 858. The second-order valence-corrected chi connectivity index (χ2v) is 6.35. The predicted molar refractivity (Wildman–Crippen MR) is 101 cm³/mol. The van der Waals surface area contributed by atoms with Crippen LogP contribution in [0, 0.1) is 0 Å². The topological polar surface area (TPSA) is 97.1 Å². The second kappa shape index (κ2) is 8.64. The van der Waals surface area contributed by atoms with E-state index in [9.17, 15) is 9.59 Å². The van der Waals surface area contributed by atoms with E-state index < -0.39 is 11.2 Å². The first-order chi connectivity index (χ1) is 12.0. The van der Waals surface area contributed by atoms with Gasteiger partial charge in [0, 0.05) is 19.3 Å². The van der Waals surface area contributed by atoms with E-state index in [1.54, 1.807) is 7.05 Å². The Hall–Kier alpha value is -2.38. The highest BCUT2D eigenvalue weighted by Crippen LogP contribution is 2.17. The molecule has 0 saturated carbocycles. The summed E-state index contributed by atoms with van der Waals surface area (Å²) in [6.45, 7) is 6.89. The Morgan fingerprint density at radius 3 is 2.60 bits per heavy atom. The van der Waals surface area contributed by atoms with Crippen LogP contribution in [0.5, 0.6) is 0 Å². The van der Waals surface area contributed by atoms with E-state index >= 15 is 0 Å². The Morgan fingerprint density at radius 2 is 1.92 bits per heavy atom. The van der Waals surface area contributed by atoms with Crippen LogP contribution < -0.4 is 16.7 Å². The molecular weight excluding hydrogens is 320 g/mol. The van der Waals surface area contributed by atoms with E-state index in [4.69, 9.17) is 0 Å². The van der Waals surface area contributed by atoms with Crippen LogP contribution in [0.3, 0.4) is 0 Å². The number of hydrazone groups is 1. The molecule has 138 valence electrons. The number of rotatable bonds is 9. The number of hydrogen-bond acceptors (Lipinski definition) is 5. The summed E-state index contributed by atoms with van der Waals surface area (Å²) >= 11 is 0. The number of aryl methyl sites for hydroxylation is 2. The number of H-pyrrole nitrogens is 1. The van der Waals surface area contributed by atoms with Gasteiger partial charge in [0.1, 0.15) is 0 Å². The molecular formula is C17H28N6O2. The first kappa shape index (κ1) is 19.0. The molecule has 0 aromatic carbocycles. The van der Waals surface area contributed by atoms with Crippen LogP contribution in [0.1, 0.15) is 59.3 Å². The Labute approximate surface area is 147 Å². The second-order valence-electron chi connectivity index (χ2n) is 6.35. The van der Waals surface area contributed by atoms with Gasteiger partial charge in [-0.05, 0) is 26.2 Å². The molecule has 0 saturated heterocycles. The summed E-state index contributed by atoms with van der Waals surface area (Å²) in [5.41, 5.74) is 3.86. The van der Waals surface area contributed by atoms with Crippen molar-refractivity contribution in [3.05, 3.63) is 20.8 Å². The lowest BCUT2D eigenvalue weighted by Crippen LogP contribution is -2.29. The molecule has 0 aliphatic rings. The fraction of sp³-hybridized carbons (Fsp3) is 0.647. The van der Waals surface area contributed by atoms with Crippen molar-refractivity contribution in [1.82, 2.24) is 19.1 Å². The van der Waals surface area contributed by atoms with Crippen molar-refractivity contribution >= 4 is 22.8 Å². The maximum Gasteiger partial charge on any atom is 0.329 e. The molecule has 25 heavy (non-hydrogen) atoms. The summed E-state index contributed by atoms with van der Waals surface area (Å²) < 4.78 is 3.17. The van der Waals surface area contributed by atoms with Crippen LogP contribution in [0.25, 0.3) is 11.2 Å². The van der Waals surface area contributed by atoms with Crippen LogP contribution in [0.2, 0.25) is 0 Å². The largest absolute Gasteiger partial charge is 0.329 e. The van der Waals surface area contributed by atoms with Gasteiger partial charge in [0.15, 0.2) is 11.2 Å². The zero-order valence-electron chi connectivity index (χ0n) is 15.6. The van der Waals surface area contributed by atoms with Crippen LogP contribution in [-0.4, -0.2) is 24.8 Å². The number of fused-ring (bicyclic) bond motifs is 1. The van der Waals surface area contributed by atoms with Crippen molar-refractivity contribution in [2.24, 2.45) is 12.1 Å². The summed E-state index contributed by atoms with van der Waals surface area (Å²) in [7, 11) is 1.60. The lowest BCUT2D eigenvalue weighted by atomic mass is 10.2. The standard InChI is InChI=1S/C17H28N6O2/c1-5-7-9-11-23-13-14(22(4)17(25)19-15(13)24)18-16(23)21-20-12(3)10-8-6-2/h5-11H2,1-4H3,(H,18,21)(H,19,24,25)/b20-12+. The Kier molecular flexibility index (Phi) is 6.55. The summed E-state index contributed by atoms with van der Waals surface area (Å²) in [6.07, 6.45) is 6.17. The monoisotopic (exact) mass is 348 g/mol. The average molecular weight is 348 g/mol. The number of unbranched alkanes of at least 4 members (excludes halogenated alkanes) is 3. The molecule has 0 aliphatic carbocycles. The Morgan fingerprint density at radius 1 is 1.20 bits per heavy atom. The van der Waals surface area contributed by atoms with E-state index in [-0.39, 0.29) is 0 Å². The molecule has 2 heterocycles. The minimum Gasteiger partial charge on any atom is -0.303 e. The molecule has 0 bridgehead atoms. The van der Waals surface area contributed by atoms with Crippen LogP contribution in [-0.2, 0) is 13.6 Å². The third kappa shape index (κ3) is 4.37. The lowest BCUT2D eigenvalue weighted by molar-refractivity contribution is 0.615. The minimum atomic E-state index is -0.468. The molecule has 0 amide bonds. The summed E-state index contributed by atoms with van der Waals surface area (Å²) in [4.78, 5) is 30.9. The zero-order valence-corrected chi connectivity index (χ0v) is 15.6. The smallest absolute Gasteiger partial charge is 0.303 e. The highest BCUT2D eigenvalue weighted by atomic mass is 16.2. The third-order valence-electron chi connectivity index (χ3n) is 4.23. The van der Waals surface area contributed by atoms with Crippen molar-refractivity contribution < 1.29 is 0 Å². The summed E-state index contributed by atoms with van der Waals surface area (Å²) in [6, 6.07) is 0. The number of imidazole rings is 1. The average Bonchev–Trinajstić information content (AvgIpc) is 2.95. The number of nitrogens with one attached hydrogen (secondary N) is 2. The van der Waals surface area contributed by atoms with E-state index in [1.807, 2.05) is 11.5 Å². The fourth-order valence-electron chi connectivity index (χ4n) is 2.69. The molecule has 8 heteroatoms. The normalized spacial score (nSPS) is 12.1. The van der Waals surface area contributed by atoms with E-state index in [0.29, 0.717) is 23.7 Å². The van der Waals surface area contributed by atoms with E-state index in [2.05, 4.69) is 34.3 Å². The van der Waals surface area contributed by atoms with Gasteiger partial charge in [-0.3, -0.25) is 14.3 Å². The number of aromatic amines is 1. The van der Waals surface area contributed by atoms with Gasteiger partial charge in [0.2, 0.25) is 5.95 Å². The van der Waals surface area contributed by atoms with Gasteiger partial charge in [0.05, 0.1) is 0 Å². The first-order valence-corrected chi connectivity index (χ1v) is 8.98. The van der Waals surface area contributed by atoms with Gasteiger partial charge in [0.25, 0.3) is 5.56 Å². The zero-order chi connectivity index (χ0) is 18.4. The molecule has 2 aromatic rings. The van der Waals surface area contributed by atoms with Crippen LogP contribution in [0.15, 0.2) is 14.7 Å². The highest BCUT2D eigenvalue weighted by Gasteiger charge is 2.16. The van der Waals surface area contributed by atoms with Crippen molar-refractivity contribution in [2.75, 3.05) is 5.43 Å². The molecule has 0 fully saturated rings. The molecule has 0 radical (unpaired) electrons. The van der Waals surface area contributed by atoms with Gasteiger partial charge < -0.3 is 4.57 Å². The maximum absolute atomic E-state index is 12.3. The molecule has 0 atom stereocenters. The van der Waals surface area contributed by atoms with Gasteiger partial charge in [-0.15, -0.1) is 0 Å².